The molecule has 6 nitrogen and oxygen atoms in total. The Labute approximate surface area is 639 Å². The van der Waals surface area contributed by atoms with Crippen molar-refractivity contribution < 1.29 is 23.2 Å². The van der Waals surface area contributed by atoms with E-state index in [1.165, 1.54) is 462 Å². The van der Waals surface area contributed by atoms with Gasteiger partial charge in [0.25, 0.3) is 0 Å². The summed E-state index contributed by atoms with van der Waals surface area (Å²) in [6.45, 7) is 13.1. The highest BCUT2D eigenvalue weighted by atomic mass is 31.2. The van der Waals surface area contributed by atoms with Crippen LogP contribution in [-0.2, 0) is 18.1 Å². The SMILES string of the molecule is CCCCC(O)(CN)CCCC.CCCCCCCCCCCCCCCCCCCCCCCCCCCCOP(=O)(OCCCCCCCCCCCCCCCCCCCCCCCCCCCC)OCCCCCCCCCCCCCCCCCCCCCCCCCCCC. The Bertz CT molecular complexity index is 1320. The van der Waals surface area contributed by atoms with Crippen molar-refractivity contribution in [3.05, 3.63) is 0 Å². The fourth-order valence-corrected chi connectivity index (χ4v) is 16.5. The van der Waals surface area contributed by atoms with Gasteiger partial charge in [0.05, 0.1) is 25.4 Å². The van der Waals surface area contributed by atoms with Crippen molar-refractivity contribution in [1.29, 1.82) is 0 Å². The maximum absolute atomic E-state index is 13.9. The van der Waals surface area contributed by atoms with E-state index in [0.29, 0.717) is 26.4 Å². The third-order valence-corrected chi connectivity index (χ3v) is 24.1. The number of hydrogen-bond donors (Lipinski definition) is 2. The van der Waals surface area contributed by atoms with Gasteiger partial charge in [-0.25, -0.2) is 4.57 Å². The van der Waals surface area contributed by atoms with E-state index in [4.69, 9.17) is 19.3 Å². The van der Waals surface area contributed by atoms with Gasteiger partial charge in [0.1, 0.15) is 0 Å². The molecule has 0 heterocycles. The molecule has 0 bridgehead atoms. The average molecular weight is 1450 g/mol. The van der Waals surface area contributed by atoms with Crippen LogP contribution in [0, 0.1) is 0 Å². The van der Waals surface area contributed by atoms with Gasteiger partial charge in [-0.2, -0.15) is 0 Å². The van der Waals surface area contributed by atoms with Crippen molar-refractivity contribution in [2.24, 2.45) is 5.73 Å². The van der Waals surface area contributed by atoms with Crippen LogP contribution < -0.4 is 5.73 Å². The van der Waals surface area contributed by atoms with Crippen molar-refractivity contribution in [2.75, 3.05) is 26.4 Å². The molecule has 0 aromatic heterocycles. The molecular weight excluding hydrogens is 1250 g/mol. The minimum Gasteiger partial charge on any atom is -0.389 e. The number of unbranched alkanes of at least 4 members (excludes halogenated alkanes) is 77. The molecule has 0 spiro atoms. The van der Waals surface area contributed by atoms with Gasteiger partial charge in [-0.15, -0.1) is 0 Å². The Morgan fingerprint density at radius 2 is 0.307 bits per heavy atom. The molecule has 0 saturated heterocycles. The molecule has 0 atom stereocenters. The smallest absolute Gasteiger partial charge is 0.389 e. The van der Waals surface area contributed by atoms with E-state index in [1.807, 2.05) is 0 Å². The lowest BCUT2D eigenvalue weighted by atomic mass is 9.91. The molecule has 0 fully saturated rings. The standard InChI is InChI=1S/C84H171O4P.C10H23NO/c1-4-7-10-13-16-19-22-25-28-31-34-37-40-43-46-49-52-55-58-61-64-67-70-73-76-79-82-86-89(85,87-83-80-77-74-71-68-65-62-59-56-53-50-47-44-41-38-35-32-29-26-23-20-17-14-11-8-5-2)88-84-81-78-75-72-69-66-63-60-57-54-51-48-45-42-39-36-33-30-27-24-21-18-15-12-9-6-3;1-3-5-7-10(12,9-11)8-6-4-2/h4-84H2,1-3H3;12H,3-9,11H2,1-2H3. The Hall–Kier alpha value is 0.0300. The highest BCUT2D eigenvalue weighted by molar-refractivity contribution is 7.48. The van der Waals surface area contributed by atoms with Crippen molar-refractivity contribution in [3.63, 3.8) is 0 Å². The minimum atomic E-state index is -3.52. The van der Waals surface area contributed by atoms with Gasteiger partial charge >= 0.3 is 7.82 Å². The van der Waals surface area contributed by atoms with Crippen LogP contribution >= 0.6 is 7.82 Å². The maximum atomic E-state index is 13.9. The molecule has 0 aromatic carbocycles. The number of phosphoric acid groups is 1. The predicted molar refractivity (Wildman–Crippen MR) is 456 cm³/mol. The topological polar surface area (TPSA) is 91.0 Å². The fraction of sp³-hybridized carbons (Fsp3) is 1.00. The molecule has 7 heteroatoms. The van der Waals surface area contributed by atoms with E-state index in [0.717, 1.165) is 77.0 Å². The van der Waals surface area contributed by atoms with Crippen LogP contribution in [0.3, 0.4) is 0 Å². The first-order valence-electron chi connectivity index (χ1n) is 47.8. The summed E-state index contributed by atoms with van der Waals surface area (Å²) >= 11 is 0. The molecule has 0 aromatic rings. The van der Waals surface area contributed by atoms with E-state index >= 15 is 0 Å². The third-order valence-electron chi connectivity index (χ3n) is 22.6. The molecule has 0 aliphatic carbocycles. The molecule has 3 N–H and O–H groups in total. The summed E-state index contributed by atoms with van der Waals surface area (Å²) in [6, 6.07) is 0. The van der Waals surface area contributed by atoms with Gasteiger partial charge in [0, 0.05) is 6.54 Å². The number of rotatable bonds is 91. The Balaban J connectivity index is 0. The zero-order valence-electron chi connectivity index (χ0n) is 70.8. The Morgan fingerprint density at radius 1 is 0.198 bits per heavy atom. The summed E-state index contributed by atoms with van der Waals surface area (Å²) < 4.78 is 31.9. The van der Waals surface area contributed by atoms with E-state index < -0.39 is 13.4 Å². The van der Waals surface area contributed by atoms with Gasteiger partial charge in [-0.05, 0) is 32.1 Å². The molecule has 0 aliphatic heterocycles. The number of aliphatic hydroxyl groups is 1. The lowest BCUT2D eigenvalue weighted by molar-refractivity contribution is 0.0273. The lowest BCUT2D eigenvalue weighted by Crippen LogP contribution is -2.37. The second kappa shape index (κ2) is 92.4. The van der Waals surface area contributed by atoms with Crippen molar-refractivity contribution in [1.82, 2.24) is 0 Å². The predicted octanol–water partition coefficient (Wildman–Crippen LogP) is 34.7. The zero-order chi connectivity index (χ0) is 73.3. The number of hydrogen-bond acceptors (Lipinski definition) is 6. The van der Waals surface area contributed by atoms with Crippen LogP contribution in [0.1, 0.15) is 574 Å². The first-order chi connectivity index (χ1) is 49.9. The molecule has 0 radical (unpaired) electrons. The van der Waals surface area contributed by atoms with Crippen molar-refractivity contribution >= 4 is 7.82 Å². The summed E-state index contributed by atoms with van der Waals surface area (Å²) in [4.78, 5) is 0. The van der Waals surface area contributed by atoms with E-state index in [2.05, 4.69) is 34.6 Å². The highest BCUT2D eigenvalue weighted by Gasteiger charge is 2.26. The molecule has 0 rings (SSSR count). The fourth-order valence-electron chi connectivity index (χ4n) is 15.2. The minimum absolute atomic E-state index is 0.410. The molecule has 0 amide bonds. The van der Waals surface area contributed by atoms with Crippen LogP contribution in [0.25, 0.3) is 0 Å². The van der Waals surface area contributed by atoms with Crippen molar-refractivity contribution in [3.8, 4) is 0 Å². The van der Waals surface area contributed by atoms with Gasteiger partial charge in [0.15, 0.2) is 0 Å². The lowest BCUT2D eigenvalue weighted by Gasteiger charge is -2.26. The normalized spacial score (nSPS) is 12.0. The van der Waals surface area contributed by atoms with Crippen LogP contribution in [0.2, 0.25) is 0 Å². The second-order valence-corrected chi connectivity index (χ2v) is 34.8. The van der Waals surface area contributed by atoms with E-state index in [-0.39, 0.29) is 0 Å². The van der Waals surface area contributed by atoms with E-state index in [1.54, 1.807) is 0 Å². The summed E-state index contributed by atoms with van der Waals surface area (Å²) in [5, 5.41) is 9.96. The van der Waals surface area contributed by atoms with Gasteiger partial charge < -0.3 is 10.8 Å². The third kappa shape index (κ3) is 90.6. The molecule has 0 aliphatic rings. The molecule has 0 saturated carbocycles. The molecular formula is C94H194NO5P. The summed E-state index contributed by atoms with van der Waals surface area (Å²) in [5.74, 6) is 0. The quantitative estimate of drug-likeness (QED) is 0.0466. The Morgan fingerprint density at radius 3 is 0.416 bits per heavy atom. The first-order valence-corrected chi connectivity index (χ1v) is 49.3. The second-order valence-electron chi connectivity index (χ2n) is 33.1. The van der Waals surface area contributed by atoms with Gasteiger partial charge in [-0.3, -0.25) is 13.6 Å². The Kier molecular flexibility index (Phi) is 94.3. The number of nitrogens with two attached hydrogens (primary N) is 1. The van der Waals surface area contributed by atoms with Crippen LogP contribution in [0.4, 0.5) is 0 Å². The summed E-state index contributed by atoms with van der Waals surface area (Å²) in [6.07, 6.45) is 115. The highest BCUT2D eigenvalue weighted by Crippen LogP contribution is 2.50. The average Bonchev–Trinajstić information content (AvgIpc) is 1.39. The first kappa shape index (κ1) is 103. The van der Waals surface area contributed by atoms with Crippen LogP contribution in [0.5, 0.6) is 0 Å². The van der Waals surface area contributed by atoms with Gasteiger partial charge in [-0.1, -0.05) is 542 Å². The van der Waals surface area contributed by atoms with Crippen LogP contribution in [0.15, 0.2) is 0 Å². The van der Waals surface area contributed by atoms with E-state index in [9.17, 15) is 9.67 Å². The molecule has 0 unspecified atom stereocenters. The van der Waals surface area contributed by atoms with Crippen molar-refractivity contribution in [2.45, 2.75) is 580 Å². The largest absolute Gasteiger partial charge is 0.474 e. The summed E-state index contributed by atoms with van der Waals surface area (Å²) in [7, 11) is -3.52. The molecule has 610 valence electrons. The molecule has 101 heavy (non-hydrogen) atoms. The summed E-state index contributed by atoms with van der Waals surface area (Å²) in [5.41, 5.74) is 4.96. The number of phosphoric ester groups is 1. The zero-order valence-corrected chi connectivity index (χ0v) is 71.7. The van der Waals surface area contributed by atoms with Crippen LogP contribution in [-0.4, -0.2) is 37.1 Å². The van der Waals surface area contributed by atoms with Gasteiger partial charge in [0.2, 0.25) is 0 Å². The maximum Gasteiger partial charge on any atom is 0.474 e. The monoisotopic (exact) mass is 1450 g/mol.